The van der Waals surface area contributed by atoms with Crippen LogP contribution >= 0.6 is 0 Å². The van der Waals surface area contributed by atoms with Crippen molar-refractivity contribution in [1.29, 1.82) is 0 Å². The predicted octanol–water partition coefficient (Wildman–Crippen LogP) is 4.80. The highest BCUT2D eigenvalue weighted by atomic mass is 16.5. The fourth-order valence-corrected chi connectivity index (χ4v) is 8.72. The number of aromatic nitrogens is 1. The van der Waals surface area contributed by atoms with Crippen molar-refractivity contribution in [3.8, 4) is 0 Å². The minimum absolute atomic E-state index is 0.144. The standard InChI is InChI=1S/C31H38N2O4/c1-17-32-22-13-18(7-9-24(22)36-17)20-8-10-25-29(20,4)28(2,3)15-19-14-21-26(34)27(35)23(33(5)6)16-30(21)11-12-31(19,25)37-30/h7-9,13-15,23,25-27,34-35H,10-12,16H2,1-6H3. The van der Waals surface area contributed by atoms with Crippen LogP contribution in [0, 0.1) is 23.7 Å². The summed E-state index contributed by atoms with van der Waals surface area (Å²) < 4.78 is 13.1. The molecule has 3 heterocycles. The van der Waals surface area contributed by atoms with Crippen LogP contribution in [0.15, 0.2) is 52.0 Å². The normalized spacial score (nSPS) is 41.7. The van der Waals surface area contributed by atoms with Crippen molar-refractivity contribution < 1.29 is 19.4 Å². The van der Waals surface area contributed by atoms with Gasteiger partial charge in [-0.3, -0.25) is 0 Å². The summed E-state index contributed by atoms with van der Waals surface area (Å²) in [7, 11) is 3.96. The number of ether oxygens (including phenoxy) is 1. The molecule has 2 N–H and O–H groups in total. The molecule has 2 fully saturated rings. The topological polar surface area (TPSA) is 79.0 Å². The minimum atomic E-state index is -0.913. The van der Waals surface area contributed by atoms with Crippen molar-refractivity contribution >= 4 is 16.7 Å². The summed E-state index contributed by atoms with van der Waals surface area (Å²) in [5, 5.41) is 22.2. The van der Waals surface area contributed by atoms with E-state index in [2.05, 4.69) is 56.1 Å². The Morgan fingerprint density at radius 3 is 2.65 bits per heavy atom. The van der Waals surface area contributed by atoms with Crippen molar-refractivity contribution in [3.63, 3.8) is 0 Å². The number of oxazole rings is 1. The molecule has 6 nitrogen and oxygen atoms in total. The van der Waals surface area contributed by atoms with Gasteiger partial charge in [0, 0.05) is 24.3 Å². The van der Waals surface area contributed by atoms with E-state index in [1.807, 2.05) is 32.0 Å². The number of likely N-dealkylation sites (N-methyl/N-ethyl adjacent to an activating group) is 1. The molecule has 0 amide bonds. The molecule has 37 heavy (non-hydrogen) atoms. The maximum atomic E-state index is 11.3. The molecule has 1 saturated carbocycles. The van der Waals surface area contributed by atoms with E-state index < -0.39 is 17.8 Å². The van der Waals surface area contributed by atoms with E-state index in [-0.39, 0.29) is 28.4 Å². The first kappa shape index (κ1) is 23.8. The molecule has 5 aliphatic rings. The molecule has 7 atom stereocenters. The van der Waals surface area contributed by atoms with Gasteiger partial charge in [0.05, 0.1) is 17.3 Å². The second-order valence-electron chi connectivity index (χ2n) is 13.1. The van der Waals surface area contributed by atoms with Crippen LogP contribution in [-0.4, -0.2) is 63.6 Å². The van der Waals surface area contributed by atoms with E-state index in [1.54, 1.807) is 0 Å². The highest BCUT2D eigenvalue weighted by molar-refractivity contribution is 5.83. The number of aliphatic hydroxyl groups is 2. The van der Waals surface area contributed by atoms with Crippen molar-refractivity contribution in [2.75, 3.05) is 14.1 Å². The average Bonchev–Trinajstić information content (AvgIpc) is 3.49. The molecule has 0 radical (unpaired) electrons. The van der Waals surface area contributed by atoms with E-state index in [9.17, 15) is 10.2 Å². The predicted molar refractivity (Wildman–Crippen MR) is 143 cm³/mol. The van der Waals surface area contributed by atoms with Gasteiger partial charge in [-0.1, -0.05) is 45.1 Å². The van der Waals surface area contributed by atoms with Gasteiger partial charge in [-0.05, 0) is 79.6 Å². The molecule has 2 bridgehead atoms. The third kappa shape index (κ3) is 2.82. The largest absolute Gasteiger partial charge is 0.441 e. The number of nitrogens with zero attached hydrogens (tertiary/aromatic N) is 2. The van der Waals surface area contributed by atoms with Gasteiger partial charge in [-0.2, -0.15) is 0 Å². The van der Waals surface area contributed by atoms with Gasteiger partial charge in [0.1, 0.15) is 11.6 Å². The summed E-state index contributed by atoms with van der Waals surface area (Å²) in [5.74, 6) is 0.963. The first-order valence-electron chi connectivity index (χ1n) is 13.7. The summed E-state index contributed by atoms with van der Waals surface area (Å²) >= 11 is 0. The second-order valence-corrected chi connectivity index (χ2v) is 13.1. The molecular formula is C31H38N2O4. The van der Waals surface area contributed by atoms with Crippen LogP contribution in [0.5, 0.6) is 0 Å². The van der Waals surface area contributed by atoms with Gasteiger partial charge in [0.2, 0.25) is 0 Å². The van der Waals surface area contributed by atoms with Crippen molar-refractivity contribution in [2.24, 2.45) is 16.7 Å². The lowest BCUT2D eigenvalue weighted by Crippen LogP contribution is -2.63. The number of fused-ring (bicyclic) bond motifs is 2. The monoisotopic (exact) mass is 502 g/mol. The summed E-state index contributed by atoms with van der Waals surface area (Å²) in [4.78, 5) is 6.63. The molecule has 1 aromatic heterocycles. The fourth-order valence-electron chi connectivity index (χ4n) is 8.72. The highest BCUT2D eigenvalue weighted by Crippen LogP contribution is 2.71. The van der Waals surface area contributed by atoms with Crippen LogP contribution in [0.2, 0.25) is 0 Å². The quantitative estimate of drug-likeness (QED) is 0.615. The molecule has 7 unspecified atom stereocenters. The Morgan fingerprint density at radius 2 is 1.89 bits per heavy atom. The Morgan fingerprint density at radius 1 is 1.11 bits per heavy atom. The molecule has 2 aliphatic heterocycles. The van der Waals surface area contributed by atoms with E-state index >= 15 is 0 Å². The molecule has 2 aromatic rings. The van der Waals surface area contributed by atoms with Crippen LogP contribution in [0.4, 0.5) is 0 Å². The average molecular weight is 503 g/mol. The second kappa shape index (κ2) is 7.23. The van der Waals surface area contributed by atoms with Crippen LogP contribution in [0.3, 0.4) is 0 Å². The number of aliphatic hydroxyl groups excluding tert-OH is 2. The number of hydrogen-bond donors (Lipinski definition) is 2. The van der Waals surface area contributed by atoms with Crippen molar-refractivity contribution in [2.45, 2.75) is 82.8 Å². The van der Waals surface area contributed by atoms with Gasteiger partial charge in [-0.15, -0.1) is 0 Å². The van der Waals surface area contributed by atoms with Crippen LogP contribution in [0.25, 0.3) is 16.7 Å². The Kier molecular flexibility index (Phi) is 4.66. The van der Waals surface area contributed by atoms with Gasteiger partial charge < -0.3 is 24.3 Å². The number of benzene rings is 1. The Bertz CT molecular complexity index is 1420. The van der Waals surface area contributed by atoms with E-state index in [0.29, 0.717) is 12.3 Å². The zero-order valence-electron chi connectivity index (χ0n) is 22.7. The molecule has 3 aliphatic carbocycles. The maximum Gasteiger partial charge on any atom is 0.192 e. The zero-order chi connectivity index (χ0) is 26.1. The molecule has 7 rings (SSSR count). The Hall–Kier alpha value is -2.25. The van der Waals surface area contributed by atoms with E-state index in [1.165, 1.54) is 16.7 Å². The lowest BCUT2D eigenvalue weighted by molar-refractivity contribution is -0.170. The van der Waals surface area contributed by atoms with Crippen LogP contribution in [0.1, 0.15) is 57.9 Å². The number of hydrogen-bond acceptors (Lipinski definition) is 6. The van der Waals surface area contributed by atoms with E-state index in [4.69, 9.17) is 9.15 Å². The van der Waals surface area contributed by atoms with Crippen LogP contribution in [-0.2, 0) is 4.74 Å². The molecular weight excluding hydrogens is 464 g/mol. The lowest BCUT2D eigenvalue weighted by Gasteiger charge is -2.60. The minimum Gasteiger partial charge on any atom is -0.441 e. The number of allylic oxidation sites excluding steroid dienone is 3. The summed E-state index contributed by atoms with van der Waals surface area (Å²) in [6, 6.07) is 6.25. The third-order valence-electron chi connectivity index (χ3n) is 10.9. The third-order valence-corrected chi connectivity index (χ3v) is 10.9. The fraction of sp³-hybridized carbons (Fsp3) is 0.581. The summed E-state index contributed by atoms with van der Waals surface area (Å²) in [5.41, 5.74) is 5.14. The number of aryl methyl sites for hydroxylation is 1. The molecule has 196 valence electrons. The van der Waals surface area contributed by atoms with Gasteiger partial charge >= 0.3 is 0 Å². The molecule has 2 spiro atoms. The zero-order valence-corrected chi connectivity index (χ0v) is 22.7. The maximum absolute atomic E-state index is 11.3. The van der Waals surface area contributed by atoms with Gasteiger partial charge in [0.25, 0.3) is 0 Å². The molecule has 6 heteroatoms. The highest BCUT2D eigenvalue weighted by Gasteiger charge is 2.70. The van der Waals surface area contributed by atoms with Crippen molar-refractivity contribution in [3.05, 3.63) is 59.0 Å². The first-order valence-corrected chi connectivity index (χ1v) is 13.7. The lowest BCUT2D eigenvalue weighted by atomic mass is 9.49. The van der Waals surface area contributed by atoms with E-state index in [0.717, 1.165) is 35.9 Å². The number of rotatable bonds is 2. The Balaban J connectivity index is 1.36. The van der Waals surface area contributed by atoms with Gasteiger partial charge in [0.15, 0.2) is 11.5 Å². The summed E-state index contributed by atoms with van der Waals surface area (Å²) in [6.45, 7) is 8.98. The van der Waals surface area contributed by atoms with Crippen LogP contribution < -0.4 is 0 Å². The molecule has 1 aromatic carbocycles. The summed E-state index contributed by atoms with van der Waals surface area (Å²) in [6.07, 6.45) is 8.77. The SMILES string of the molecule is Cc1nc2cc(C3=CCC4C56CCC7(CC(N(C)C)C(O)C(O)C7=CC5=CC(C)(C)C34C)O6)ccc2o1. The van der Waals surface area contributed by atoms with Crippen molar-refractivity contribution in [1.82, 2.24) is 9.88 Å². The smallest absolute Gasteiger partial charge is 0.192 e. The van der Waals surface area contributed by atoms with Gasteiger partial charge in [-0.25, -0.2) is 4.98 Å². The first-order chi connectivity index (χ1) is 17.4. The Labute approximate surface area is 218 Å². The molecule has 1 saturated heterocycles.